The van der Waals surface area contributed by atoms with Crippen molar-refractivity contribution in [1.29, 1.82) is 0 Å². The van der Waals surface area contributed by atoms with Gasteiger partial charge in [-0.15, -0.1) is 0 Å². The Kier molecular flexibility index (Phi) is 9.67. The van der Waals surface area contributed by atoms with Crippen LogP contribution in [0.5, 0.6) is 5.75 Å². The summed E-state index contributed by atoms with van der Waals surface area (Å²) in [5, 5.41) is 13.1. The Morgan fingerprint density at radius 2 is 1.50 bits per heavy atom. The van der Waals surface area contributed by atoms with Gasteiger partial charge >= 0.3 is 0 Å². The third kappa shape index (κ3) is 6.89. The van der Waals surface area contributed by atoms with E-state index in [1.807, 2.05) is 84.9 Å². The lowest BCUT2D eigenvalue weighted by molar-refractivity contribution is -0.127. The molecular formula is C36H38N2O4. The molecule has 2 amide bonds. The molecule has 1 saturated carbocycles. The Morgan fingerprint density at radius 3 is 2.14 bits per heavy atom. The van der Waals surface area contributed by atoms with Crippen LogP contribution < -0.4 is 15.0 Å². The molecule has 2 N–H and O–H groups in total. The lowest BCUT2D eigenvalue weighted by atomic mass is 9.74. The van der Waals surface area contributed by atoms with Crippen molar-refractivity contribution < 1.29 is 19.4 Å². The SMILES string of the molecule is COc1ccc(N(Cc2ccc([C@@H]3CCCCC3C(=O)NC(CO)c3ccccc3)cc2)C(=O)c2ccccc2)cc1. The van der Waals surface area contributed by atoms with Gasteiger partial charge in [-0.3, -0.25) is 9.59 Å². The molecule has 0 spiro atoms. The first-order valence-corrected chi connectivity index (χ1v) is 14.6. The molecule has 0 bridgehead atoms. The topological polar surface area (TPSA) is 78.9 Å². The zero-order valence-corrected chi connectivity index (χ0v) is 24.0. The number of ether oxygens (including phenoxy) is 1. The summed E-state index contributed by atoms with van der Waals surface area (Å²) in [4.78, 5) is 28.8. The van der Waals surface area contributed by atoms with Gasteiger partial charge in [0, 0.05) is 17.2 Å². The molecule has 1 aliphatic carbocycles. The van der Waals surface area contributed by atoms with E-state index in [1.54, 1.807) is 12.0 Å². The summed E-state index contributed by atoms with van der Waals surface area (Å²) in [6.07, 6.45) is 3.86. The molecule has 6 nitrogen and oxygen atoms in total. The predicted molar refractivity (Wildman–Crippen MR) is 166 cm³/mol. The fraction of sp³-hybridized carbons (Fsp3) is 0.278. The lowest BCUT2D eigenvalue weighted by Crippen LogP contribution is -2.39. The summed E-state index contributed by atoms with van der Waals surface area (Å²) in [6.45, 7) is 0.262. The molecule has 5 rings (SSSR count). The largest absolute Gasteiger partial charge is 0.497 e. The Bertz CT molecular complexity index is 1440. The van der Waals surface area contributed by atoms with Gasteiger partial charge in [0.15, 0.2) is 0 Å². The second-order valence-electron chi connectivity index (χ2n) is 10.8. The summed E-state index contributed by atoms with van der Waals surface area (Å²) in [6, 6.07) is 34.3. The molecule has 0 heterocycles. The summed E-state index contributed by atoms with van der Waals surface area (Å²) >= 11 is 0. The smallest absolute Gasteiger partial charge is 0.258 e. The normalized spacial score (nSPS) is 17.2. The van der Waals surface area contributed by atoms with Crippen LogP contribution in [0.1, 0.15) is 64.7 Å². The van der Waals surface area contributed by atoms with Crippen LogP contribution >= 0.6 is 0 Å². The number of benzene rings is 4. The molecule has 0 radical (unpaired) electrons. The Hall–Kier alpha value is -4.42. The van der Waals surface area contributed by atoms with Crippen molar-refractivity contribution in [2.24, 2.45) is 5.92 Å². The number of amides is 2. The minimum absolute atomic E-state index is 0.00850. The maximum absolute atomic E-state index is 13.6. The van der Waals surface area contributed by atoms with E-state index in [0.29, 0.717) is 12.1 Å². The average molecular weight is 563 g/mol. The number of nitrogens with zero attached hydrogens (tertiary/aromatic N) is 1. The van der Waals surface area contributed by atoms with Gasteiger partial charge in [0.05, 0.1) is 26.3 Å². The lowest BCUT2D eigenvalue weighted by Gasteiger charge is -2.32. The van der Waals surface area contributed by atoms with E-state index in [-0.39, 0.29) is 30.3 Å². The van der Waals surface area contributed by atoms with Crippen LogP contribution in [-0.2, 0) is 11.3 Å². The number of carbonyl (C=O) groups excluding carboxylic acids is 2. The number of rotatable bonds is 10. The van der Waals surface area contributed by atoms with Gasteiger partial charge in [-0.2, -0.15) is 0 Å². The second kappa shape index (κ2) is 14.0. The van der Waals surface area contributed by atoms with E-state index >= 15 is 0 Å². The van der Waals surface area contributed by atoms with E-state index in [9.17, 15) is 14.7 Å². The molecule has 3 atom stereocenters. The molecule has 42 heavy (non-hydrogen) atoms. The highest BCUT2D eigenvalue weighted by Gasteiger charge is 2.33. The first-order valence-electron chi connectivity index (χ1n) is 14.6. The predicted octanol–water partition coefficient (Wildman–Crippen LogP) is 6.67. The molecule has 4 aromatic rings. The third-order valence-electron chi connectivity index (χ3n) is 8.20. The van der Waals surface area contributed by atoms with E-state index in [1.165, 1.54) is 0 Å². The van der Waals surface area contributed by atoms with Gasteiger partial charge in [-0.05, 0) is 71.8 Å². The van der Waals surface area contributed by atoms with Crippen molar-refractivity contribution in [3.05, 3.63) is 131 Å². The van der Waals surface area contributed by atoms with Crippen LogP contribution in [0.2, 0.25) is 0 Å². The molecule has 216 valence electrons. The minimum atomic E-state index is -0.422. The summed E-state index contributed by atoms with van der Waals surface area (Å²) in [5.41, 5.74) is 4.44. The second-order valence-corrected chi connectivity index (χ2v) is 10.8. The number of anilines is 1. The highest BCUT2D eigenvalue weighted by Crippen LogP contribution is 2.38. The molecule has 0 aliphatic heterocycles. The monoisotopic (exact) mass is 562 g/mol. The van der Waals surface area contributed by atoms with Crippen LogP contribution in [0.25, 0.3) is 0 Å². The fourth-order valence-electron chi connectivity index (χ4n) is 5.87. The maximum Gasteiger partial charge on any atom is 0.258 e. The van der Waals surface area contributed by atoms with Gasteiger partial charge in [0.25, 0.3) is 5.91 Å². The molecule has 0 aromatic heterocycles. The maximum atomic E-state index is 13.6. The number of hydrogen-bond acceptors (Lipinski definition) is 4. The van der Waals surface area contributed by atoms with E-state index < -0.39 is 6.04 Å². The molecule has 6 heteroatoms. The molecular weight excluding hydrogens is 524 g/mol. The molecule has 2 unspecified atom stereocenters. The van der Waals surface area contributed by atoms with Crippen LogP contribution in [0, 0.1) is 5.92 Å². The van der Waals surface area contributed by atoms with Crippen molar-refractivity contribution in [3.63, 3.8) is 0 Å². The van der Waals surface area contributed by atoms with E-state index in [4.69, 9.17) is 4.74 Å². The zero-order chi connectivity index (χ0) is 29.3. The Labute approximate surface area is 248 Å². The standard InChI is InChI=1S/C36H38N2O4/c1-42-31-22-20-30(21-23-31)38(36(41)29-12-6-3-7-13-29)24-26-16-18-27(19-17-26)32-14-8-9-15-33(32)35(40)37-34(25-39)28-10-4-2-5-11-28/h2-7,10-13,16-23,32-34,39H,8-9,14-15,24-25H2,1H3,(H,37,40)/t32-,33?,34?/m0/s1. The highest BCUT2D eigenvalue weighted by molar-refractivity contribution is 6.06. The van der Waals surface area contributed by atoms with Crippen molar-refractivity contribution in [2.45, 2.75) is 44.2 Å². The molecule has 1 aliphatic rings. The number of aliphatic hydroxyl groups excluding tert-OH is 1. The van der Waals surface area contributed by atoms with E-state index in [0.717, 1.165) is 53.8 Å². The Balaban J connectivity index is 1.33. The van der Waals surface area contributed by atoms with Gasteiger partial charge in [-0.1, -0.05) is 85.6 Å². The van der Waals surface area contributed by atoms with Crippen molar-refractivity contribution in [2.75, 3.05) is 18.6 Å². The van der Waals surface area contributed by atoms with Gasteiger partial charge in [0.2, 0.25) is 5.91 Å². The third-order valence-corrected chi connectivity index (χ3v) is 8.20. The number of hydrogen-bond donors (Lipinski definition) is 2. The number of methoxy groups -OCH3 is 1. The minimum Gasteiger partial charge on any atom is -0.497 e. The quantitative estimate of drug-likeness (QED) is 0.226. The van der Waals surface area contributed by atoms with Gasteiger partial charge in [-0.25, -0.2) is 0 Å². The van der Waals surface area contributed by atoms with E-state index in [2.05, 4.69) is 29.6 Å². The number of aliphatic hydroxyl groups is 1. The molecule has 4 aromatic carbocycles. The summed E-state index contributed by atoms with van der Waals surface area (Å²) in [7, 11) is 1.62. The van der Waals surface area contributed by atoms with Crippen LogP contribution in [0.15, 0.2) is 109 Å². The first-order chi connectivity index (χ1) is 20.6. The summed E-state index contributed by atoms with van der Waals surface area (Å²) in [5.74, 6) is 0.594. The van der Waals surface area contributed by atoms with Crippen LogP contribution in [0.4, 0.5) is 5.69 Å². The fourth-order valence-corrected chi connectivity index (χ4v) is 5.87. The Morgan fingerprint density at radius 1 is 0.857 bits per heavy atom. The van der Waals surface area contributed by atoms with Crippen LogP contribution in [0.3, 0.4) is 0 Å². The van der Waals surface area contributed by atoms with Crippen molar-refractivity contribution in [1.82, 2.24) is 5.32 Å². The van der Waals surface area contributed by atoms with Crippen molar-refractivity contribution in [3.8, 4) is 5.75 Å². The molecule has 1 fully saturated rings. The molecule has 0 saturated heterocycles. The van der Waals surface area contributed by atoms with Crippen molar-refractivity contribution >= 4 is 17.5 Å². The first kappa shape index (κ1) is 29.1. The summed E-state index contributed by atoms with van der Waals surface area (Å²) < 4.78 is 5.31. The average Bonchev–Trinajstić information content (AvgIpc) is 3.07. The number of carbonyl (C=O) groups is 2. The van der Waals surface area contributed by atoms with Gasteiger partial charge < -0.3 is 20.1 Å². The highest BCUT2D eigenvalue weighted by atomic mass is 16.5. The van der Waals surface area contributed by atoms with Gasteiger partial charge in [0.1, 0.15) is 5.75 Å². The zero-order valence-electron chi connectivity index (χ0n) is 24.0. The van der Waals surface area contributed by atoms with Crippen LogP contribution in [-0.4, -0.2) is 30.6 Å². The number of nitrogens with one attached hydrogen (secondary N) is 1.